The highest BCUT2D eigenvalue weighted by molar-refractivity contribution is 5.37. The molecule has 1 aliphatic rings. The molecule has 0 spiro atoms. The van der Waals surface area contributed by atoms with Crippen molar-refractivity contribution in [1.82, 2.24) is 0 Å². The maximum atomic E-state index is 2.30. The van der Waals surface area contributed by atoms with Gasteiger partial charge in [-0.3, -0.25) is 0 Å². The van der Waals surface area contributed by atoms with Gasteiger partial charge in [-0.25, -0.2) is 4.90 Å². The second kappa shape index (κ2) is 3.15. The van der Waals surface area contributed by atoms with Crippen LogP contribution in [-0.2, 0) is 0 Å². The van der Waals surface area contributed by atoms with E-state index in [1.54, 1.807) is 4.90 Å². The molecule has 0 aromatic carbocycles. The highest BCUT2D eigenvalue weighted by atomic mass is 15.3. The van der Waals surface area contributed by atoms with Gasteiger partial charge in [0, 0.05) is 6.42 Å². The van der Waals surface area contributed by atoms with Crippen molar-refractivity contribution < 1.29 is 9.48 Å². The highest BCUT2D eigenvalue weighted by Crippen LogP contribution is 1.88. The van der Waals surface area contributed by atoms with Gasteiger partial charge in [0.1, 0.15) is 7.05 Å². The van der Waals surface area contributed by atoms with E-state index in [1.807, 2.05) is 0 Å². The summed E-state index contributed by atoms with van der Waals surface area (Å²) in [5.74, 6) is 0. The zero-order valence-electron chi connectivity index (χ0n) is 7.22. The van der Waals surface area contributed by atoms with Crippen LogP contribution in [0.5, 0.6) is 0 Å². The maximum absolute atomic E-state index is 2.30. The minimum absolute atomic E-state index is 0.843. The average Bonchev–Trinajstić information content (AvgIpc) is 2.30. The van der Waals surface area contributed by atoms with Crippen molar-refractivity contribution in [3.05, 3.63) is 0 Å². The highest BCUT2D eigenvalue weighted by Gasteiger charge is 2.30. The monoisotopic (exact) mass is 142 g/mol. The molecule has 2 nitrogen and oxygen atoms in total. The van der Waals surface area contributed by atoms with Crippen LogP contribution < -0.4 is 4.90 Å². The number of hydrogen-bond acceptors (Lipinski definition) is 0. The standard InChI is InChI=1S/C8H17N2/c1-4-8-6-9(3)7-10(8)5-2/h7-8H,4-6H2,1-3H3/q+1/p+1. The van der Waals surface area contributed by atoms with Gasteiger partial charge >= 0.3 is 6.34 Å². The molecule has 2 unspecified atom stereocenters. The van der Waals surface area contributed by atoms with Crippen molar-refractivity contribution in [3.63, 3.8) is 0 Å². The summed E-state index contributed by atoms with van der Waals surface area (Å²) in [6.07, 6.45) is 3.60. The Labute approximate surface area is 63.2 Å². The molecule has 1 heterocycles. The molecule has 0 fully saturated rings. The Morgan fingerprint density at radius 2 is 2.30 bits per heavy atom. The summed E-state index contributed by atoms with van der Waals surface area (Å²) in [6.45, 7) is 6.98. The number of rotatable bonds is 2. The van der Waals surface area contributed by atoms with E-state index >= 15 is 0 Å². The molecule has 0 amide bonds. The molecule has 0 saturated heterocycles. The molecular weight excluding hydrogens is 124 g/mol. The van der Waals surface area contributed by atoms with E-state index in [0.717, 1.165) is 6.04 Å². The van der Waals surface area contributed by atoms with Crippen LogP contribution >= 0.6 is 0 Å². The lowest BCUT2D eigenvalue weighted by Gasteiger charge is -2.09. The van der Waals surface area contributed by atoms with Crippen LogP contribution in [0.15, 0.2) is 0 Å². The molecule has 0 aromatic rings. The van der Waals surface area contributed by atoms with Crippen LogP contribution in [0.1, 0.15) is 20.3 Å². The minimum Gasteiger partial charge on any atom is -0.246 e. The number of hydrogen-bond donors (Lipinski definition) is 1. The summed E-state index contributed by atoms with van der Waals surface area (Å²) in [5.41, 5.74) is 0. The van der Waals surface area contributed by atoms with Gasteiger partial charge in [0.2, 0.25) is 0 Å². The number of likely N-dealkylation sites (N-methyl/N-ethyl adjacent to an activating group) is 2. The molecule has 0 aromatic heterocycles. The molecule has 10 heavy (non-hydrogen) atoms. The third kappa shape index (κ3) is 1.37. The summed E-state index contributed by atoms with van der Waals surface area (Å²) in [5, 5.41) is 0. The fourth-order valence-corrected chi connectivity index (χ4v) is 1.68. The van der Waals surface area contributed by atoms with E-state index in [2.05, 4.69) is 31.8 Å². The summed E-state index contributed by atoms with van der Waals surface area (Å²) >= 11 is 0. The predicted molar refractivity (Wildman–Crippen MR) is 42.7 cm³/mol. The zero-order valence-corrected chi connectivity index (χ0v) is 7.22. The number of nitrogens with one attached hydrogen (secondary N) is 1. The Hall–Kier alpha value is -0.370. The van der Waals surface area contributed by atoms with Gasteiger partial charge in [-0.05, 0) is 6.92 Å². The molecular formula is C8H18N2+2. The van der Waals surface area contributed by atoms with Crippen LogP contribution in [0.25, 0.3) is 0 Å². The second-order valence-electron chi connectivity index (χ2n) is 3.10. The number of quaternary nitrogens is 1. The van der Waals surface area contributed by atoms with Gasteiger partial charge in [-0.15, -0.1) is 0 Å². The lowest BCUT2D eigenvalue weighted by Crippen LogP contribution is -3.13. The average molecular weight is 142 g/mol. The Balaban J connectivity index is 2.52. The Bertz CT molecular complexity index is 140. The third-order valence-corrected chi connectivity index (χ3v) is 2.32. The van der Waals surface area contributed by atoms with Crippen molar-refractivity contribution in [1.29, 1.82) is 0 Å². The second-order valence-corrected chi connectivity index (χ2v) is 3.10. The maximum Gasteiger partial charge on any atom is 0.325 e. The van der Waals surface area contributed by atoms with E-state index in [1.165, 1.54) is 19.5 Å². The van der Waals surface area contributed by atoms with Crippen molar-refractivity contribution in [2.75, 3.05) is 20.1 Å². The summed E-state index contributed by atoms with van der Waals surface area (Å²) < 4.78 is 2.30. The normalized spacial score (nSPS) is 32.5. The van der Waals surface area contributed by atoms with Gasteiger partial charge in [0.05, 0.1) is 6.54 Å². The molecule has 2 heteroatoms. The first-order valence-electron chi connectivity index (χ1n) is 4.18. The van der Waals surface area contributed by atoms with Gasteiger partial charge < -0.3 is 0 Å². The van der Waals surface area contributed by atoms with Crippen molar-refractivity contribution in [2.24, 2.45) is 0 Å². The summed E-state index contributed by atoms with van der Waals surface area (Å²) in [7, 11) is 2.16. The van der Waals surface area contributed by atoms with Gasteiger partial charge in [0.15, 0.2) is 12.6 Å². The fraction of sp³-hybridized carbons (Fsp3) is 0.875. The van der Waals surface area contributed by atoms with Crippen LogP contribution in [0, 0.1) is 0 Å². The predicted octanol–water partition coefficient (Wildman–Crippen LogP) is -0.646. The lowest BCUT2D eigenvalue weighted by atomic mass is 10.2. The van der Waals surface area contributed by atoms with Crippen molar-refractivity contribution in [3.8, 4) is 0 Å². The smallest absolute Gasteiger partial charge is 0.246 e. The SMILES string of the molecule is CCC1C[N+](C)=C[NH+]1CC. The molecule has 1 rings (SSSR count). The molecule has 0 radical (unpaired) electrons. The Morgan fingerprint density at radius 3 is 2.70 bits per heavy atom. The molecule has 2 atom stereocenters. The van der Waals surface area contributed by atoms with Crippen LogP contribution in [0.3, 0.4) is 0 Å². The molecule has 0 aliphatic carbocycles. The van der Waals surface area contributed by atoms with Gasteiger partial charge in [-0.1, -0.05) is 6.92 Å². The summed E-state index contributed by atoms with van der Waals surface area (Å²) in [6, 6.07) is 0.843. The minimum atomic E-state index is 0.843. The van der Waals surface area contributed by atoms with Crippen LogP contribution in [-0.4, -0.2) is 37.1 Å². The fourth-order valence-electron chi connectivity index (χ4n) is 1.68. The lowest BCUT2D eigenvalue weighted by molar-refractivity contribution is -0.819. The zero-order chi connectivity index (χ0) is 7.56. The van der Waals surface area contributed by atoms with E-state index in [4.69, 9.17) is 0 Å². The third-order valence-electron chi connectivity index (χ3n) is 2.32. The first kappa shape index (κ1) is 7.73. The van der Waals surface area contributed by atoms with Crippen LogP contribution in [0.2, 0.25) is 0 Å². The Morgan fingerprint density at radius 1 is 1.60 bits per heavy atom. The van der Waals surface area contributed by atoms with Gasteiger partial charge in [-0.2, -0.15) is 4.58 Å². The van der Waals surface area contributed by atoms with Gasteiger partial charge in [0.25, 0.3) is 0 Å². The van der Waals surface area contributed by atoms with E-state index < -0.39 is 0 Å². The largest absolute Gasteiger partial charge is 0.325 e. The van der Waals surface area contributed by atoms with Crippen molar-refractivity contribution >= 4 is 6.34 Å². The molecule has 0 saturated carbocycles. The van der Waals surface area contributed by atoms with E-state index in [-0.39, 0.29) is 0 Å². The summed E-state index contributed by atoms with van der Waals surface area (Å²) in [4.78, 5) is 1.63. The Kier molecular flexibility index (Phi) is 2.44. The van der Waals surface area contributed by atoms with Crippen molar-refractivity contribution in [2.45, 2.75) is 26.3 Å². The first-order chi connectivity index (χ1) is 4.77. The molecule has 1 aliphatic heterocycles. The van der Waals surface area contributed by atoms with Crippen LogP contribution in [0.4, 0.5) is 0 Å². The van der Waals surface area contributed by atoms with E-state index in [9.17, 15) is 0 Å². The first-order valence-corrected chi connectivity index (χ1v) is 4.18. The number of nitrogens with zero attached hydrogens (tertiary/aromatic N) is 1. The quantitative estimate of drug-likeness (QED) is 0.490. The van der Waals surface area contributed by atoms with E-state index in [0.29, 0.717) is 0 Å². The topological polar surface area (TPSA) is 7.45 Å². The molecule has 1 N–H and O–H groups in total. The molecule has 0 bridgehead atoms. The molecule has 58 valence electrons.